The topological polar surface area (TPSA) is 107 Å². The fourth-order valence-electron chi connectivity index (χ4n) is 4.67. The third kappa shape index (κ3) is 3.89. The van der Waals surface area contributed by atoms with Gasteiger partial charge in [0.05, 0.1) is 24.4 Å². The van der Waals surface area contributed by atoms with Gasteiger partial charge < -0.3 is 39.0 Å². The molecule has 3 N–H and O–H groups in total. The summed E-state index contributed by atoms with van der Waals surface area (Å²) in [5.74, 6) is 1.63. The molecule has 9 heteroatoms. The summed E-state index contributed by atoms with van der Waals surface area (Å²) in [6, 6.07) is 7.09. The Morgan fingerprint density at radius 2 is 1.91 bits per heavy atom. The first-order chi connectivity index (χ1) is 17.2. The van der Waals surface area contributed by atoms with E-state index in [-0.39, 0.29) is 17.9 Å². The summed E-state index contributed by atoms with van der Waals surface area (Å²) < 4.78 is 65.4. The quantitative estimate of drug-likeness (QED) is 0.610. The molecule has 3 aliphatic rings. The average molecular weight is 465 g/mol. The predicted molar refractivity (Wildman–Crippen MR) is 114 cm³/mol. The number of halogens is 1. The molecule has 5 atom stereocenters. The molecule has 0 bridgehead atoms. The third-order valence-corrected chi connectivity index (χ3v) is 6.28. The molecular formula is C24H27FO8. The van der Waals surface area contributed by atoms with Crippen LogP contribution in [-0.2, 0) is 17.6 Å². The molecule has 1 fully saturated rings. The summed E-state index contributed by atoms with van der Waals surface area (Å²) in [6.07, 6.45) is -7.70. The van der Waals surface area contributed by atoms with Crippen molar-refractivity contribution in [2.45, 2.75) is 43.4 Å². The Kier molecular flexibility index (Phi) is 5.12. The van der Waals surface area contributed by atoms with Crippen molar-refractivity contribution >= 4 is 0 Å². The maximum atomic E-state index is 14.4. The second kappa shape index (κ2) is 8.98. The minimum atomic E-state index is -2.83. The number of fused-ring (bicyclic) bond motifs is 2. The normalized spacial score (nSPS) is 29.9. The van der Waals surface area contributed by atoms with E-state index < -0.39 is 44.2 Å². The largest absolute Gasteiger partial charge is 0.496 e. The summed E-state index contributed by atoms with van der Waals surface area (Å²) >= 11 is 0. The van der Waals surface area contributed by atoms with Gasteiger partial charge in [-0.1, -0.05) is 6.07 Å². The summed E-state index contributed by atoms with van der Waals surface area (Å²) in [7, 11) is -2.83. The van der Waals surface area contributed by atoms with Crippen LogP contribution < -0.4 is 18.9 Å². The zero-order chi connectivity index (χ0) is 25.6. The molecule has 0 unspecified atom stereocenters. The number of methoxy groups -OCH3 is 1. The van der Waals surface area contributed by atoms with Gasteiger partial charge >= 0.3 is 0 Å². The highest BCUT2D eigenvalue weighted by atomic mass is 19.1. The van der Waals surface area contributed by atoms with Gasteiger partial charge in [0.2, 0.25) is 0 Å². The van der Waals surface area contributed by atoms with Crippen molar-refractivity contribution in [2.24, 2.45) is 0 Å². The molecule has 1 saturated heterocycles. The highest BCUT2D eigenvalue weighted by Gasteiger charge is 2.46. The molecule has 3 aliphatic heterocycles. The molecule has 33 heavy (non-hydrogen) atoms. The van der Waals surface area contributed by atoms with Gasteiger partial charge in [0.15, 0.2) is 17.7 Å². The molecule has 8 nitrogen and oxygen atoms in total. The lowest BCUT2D eigenvalue weighted by Gasteiger charge is -2.39. The molecule has 0 radical (unpaired) electrons. The van der Waals surface area contributed by atoms with Crippen LogP contribution >= 0.6 is 0 Å². The predicted octanol–water partition coefficient (Wildman–Crippen LogP) is 1.48. The smallest absolute Gasteiger partial charge is 0.161 e. The van der Waals surface area contributed by atoms with Crippen LogP contribution in [0.4, 0.5) is 4.39 Å². The van der Waals surface area contributed by atoms with Crippen molar-refractivity contribution in [3.05, 3.63) is 46.5 Å². The first kappa shape index (κ1) is 18.8. The Morgan fingerprint density at radius 3 is 2.70 bits per heavy atom. The van der Waals surface area contributed by atoms with Crippen LogP contribution in [0.2, 0.25) is 0 Å². The minimum absolute atomic E-state index is 0.0707. The van der Waals surface area contributed by atoms with Crippen molar-refractivity contribution < 1.29 is 47.5 Å². The lowest BCUT2D eigenvalue weighted by molar-refractivity contribution is -0.214. The fraction of sp³-hybridized carbons (Fsp3) is 0.500. The standard InChI is InChI=1S/C24H27FO8/c1-29-23-14-4-5-32-22(14)13(8-12-2-3-16-17(9-12)31-7-6-30-16)10-15(23)24-21(28)20(27)19(25)18(11-26)33-24/h2-3,9-10,18-21,24,26-28H,4-8,11H2,1H3/t18-,19-,20+,21-,24+/m1/s1/i1D3. The molecular weight excluding hydrogens is 435 g/mol. The molecule has 5 rings (SSSR count). The molecule has 2 aromatic carbocycles. The van der Waals surface area contributed by atoms with Crippen LogP contribution in [0.5, 0.6) is 23.0 Å². The van der Waals surface area contributed by atoms with E-state index in [9.17, 15) is 19.7 Å². The van der Waals surface area contributed by atoms with E-state index >= 15 is 0 Å². The Labute approximate surface area is 194 Å². The van der Waals surface area contributed by atoms with E-state index in [4.69, 9.17) is 27.8 Å². The van der Waals surface area contributed by atoms with Gasteiger partial charge in [0, 0.05) is 24.0 Å². The molecule has 0 amide bonds. The van der Waals surface area contributed by atoms with Gasteiger partial charge in [-0.15, -0.1) is 0 Å². The van der Waals surface area contributed by atoms with Gasteiger partial charge in [0.25, 0.3) is 0 Å². The van der Waals surface area contributed by atoms with Crippen LogP contribution in [0.3, 0.4) is 0 Å². The van der Waals surface area contributed by atoms with Gasteiger partial charge in [-0.25, -0.2) is 4.39 Å². The number of hydrogen-bond acceptors (Lipinski definition) is 8. The molecule has 3 heterocycles. The van der Waals surface area contributed by atoms with E-state index in [1.807, 2.05) is 12.1 Å². The van der Waals surface area contributed by atoms with Crippen LogP contribution in [0, 0.1) is 0 Å². The highest BCUT2D eigenvalue weighted by Crippen LogP contribution is 2.46. The van der Waals surface area contributed by atoms with Gasteiger partial charge in [-0.3, -0.25) is 0 Å². The number of aliphatic hydroxyl groups is 3. The first-order valence-corrected chi connectivity index (χ1v) is 10.8. The van der Waals surface area contributed by atoms with Crippen LogP contribution in [0.1, 0.15) is 32.5 Å². The van der Waals surface area contributed by atoms with Crippen molar-refractivity contribution in [2.75, 3.05) is 33.5 Å². The number of alkyl halides is 1. The lowest BCUT2D eigenvalue weighted by Crippen LogP contribution is -2.53. The van der Waals surface area contributed by atoms with Crippen molar-refractivity contribution in [3.63, 3.8) is 0 Å². The molecule has 0 spiro atoms. The SMILES string of the molecule is [2H]C([2H])([2H])Oc1c([C@@H]2O[C@H](CO)[C@@H](F)[C@H](O)[C@H]2O)cc(Cc2ccc3c(c2)OCCO3)c2c1CCO2. The summed E-state index contributed by atoms with van der Waals surface area (Å²) in [5, 5.41) is 30.6. The van der Waals surface area contributed by atoms with Gasteiger partial charge in [-0.05, 0) is 29.3 Å². The monoisotopic (exact) mass is 465 g/mol. The second-order valence-corrected chi connectivity index (χ2v) is 8.32. The summed E-state index contributed by atoms with van der Waals surface area (Å²) in [4.78, 5) is 0. The Morgan fingerprint density at radius 1 is 1.09 bits per heavy atom. The number of aliphatic hydroxyl groups excluding tert-OH is 3. The van der Waals surface area contributed by atoms with Gasteiger partial charge in [0.1, 0.15) is 49.1 Å². The fourth-order valence-corrected chi connectivity index (χ4v) is 4.67. The van der Waals surface area contributed by atoms with E-state index in [1.165, 1.54) is 0 Å². The second-order valence-electron chi connectivity index (χ2n) is 8.32. The number of ether oxygens (including phenoxy) is 5. The van der Waals surface area contributed by atoms with Crippen LogP contribution in [0.15, 0.2) is 24.3 Å². The highest BCUT2D eigenvalue weighted by molar-refractivity contribution is 5.59. The molecule has 0 saturated carbocycles. The Bertz CT molecular complexity index is 1130. The molecule has 0 aromatic heterocycles. The first-order valence-electron chi connectivity index (χ1n) is 12.3. The number of rotatable bonds is 5. The van der Waals surface area contributed by atoms with E-state index in [0.717, 1.165) is 5.56 Å². The van der Waals surface area contributed by atoms with Crippen LogP contribution in [0.25, 0.3) is 0 Å². The zero-order valence-corrected chi connectivity index (χ0v) is 17.7. The van der Waals surface area contributed by atoms with Crippen molar-refractivity contribution in [1.29, 1.82) is 0 Å². The Hall–Kier alpha value is -2.59. The summed E-state index contributed by atoms with van der Waals surface area (Å²) in [6.45, 7) is 0.440. The van der Waals surface area contributed by atoms with Crippen molar-refractivity contribution in [3.8, 4) is 23.0 Å². The number of hydrogen-bond donors (Lipinski definition) is 3. The average Bonchev–Trinajstić information content (AvgIpc) is 3.34. The van der Waals surface area contributed by atoms with Gasteiger partial charge in [-0.2, -0.15) is 0 Å². The van der Waals surface area contributed by atoms with Crippen LogP contribution in [-0.4, -0.2) is 73.3 Å². The summed E-state index contributed by atoms with van der Waals surface area (Å²) in [5.41, 5.74) is 2.11. The Balaban J connectivity index is 1.59. The molecule has 0 aliphatic carbocycles. The zero-order valence-electron chi connectivity index (χ0n) is 20.7. The van der Waals surface area contributed by atoms with Crippen molar-refractivity contribution in [1.82, 2.24) is 0 Å². The maximum Gasteiger partial charge on any atom is 0.161 e. The van der Waals surface area contributed by atoms with E-state index in [2.05, 4.69) is 0 Å². The molecule has 2 aromatic rings. The molecule has 178 valence electrons. The minimum Gasteiger partial charge on any atom is -0.496 e. The van der Waals surface area contributed by atoms with E-state index in [0.29, 0.717) is 54.4 Å². The van der Waals surface area contributed by atoms with E-state index in [1.54, 1.807) is 12.1 Å². The third-order valence-electron chi connectivity index (χ3n) is 6.28. The maximum absolute atomic E-state index is 14.4. The lowest BCUT2D eigenvalue weighted by atomic mass is 9.88. The number of benzene rings is 2.